The second-order valence-electron chi connectivity index (χ2n) is 6.63. The average Bonchev–Trinajstić information content (AvgIpc) is 3.14. The molecule has 2 aromatic heterocycles. The van der Waals surface area contributed by atoms with Crippen LogP contribution < -0.4 is 0 Å². The number of carbonyl (C=O) groups is 1. The third-order valence-corrected chi connectivity index (χ3v) is 4.61. The quantitative estimate of drug-likeness (QED) is 0.533. The number of amides is 1. The molecule has 0 saturated carbocycles. The second kappa shape index (κ2) is 7.60. The molecular weight excluding hydrogens is 355 g/mol. The molecule has 0 unspecified atom stereocenters. The number of halogens is 1. The van der Waals surface area contributed by atoms with Gasteiger partial charge in [-0.1, -0.05) is 48.5 Å². The number of fused-ring (bicyclic) bond motifs is 1. The Morgan fingerprint density at radius 1 is 1.07 bits per heavy atom. The first-order valence-corrected chi connectivity index (χ1v) is 8.96. The van der Waals surface area contributed by atoms with Crippen molar-refractivity contribution in [3.8, 4) is 0 Å². The van der Waals surface area contributed by atoms with Crippen molar-refractivity contribution < 1.29 is 9.18 Å². The van der Waals surface area contributed by atoms with Crippen molar-refractivity contribution in [3.63, 3.8) is 0 Å². The van der Waals surface area contributed by atoms with Crippen LogP contribution in [0.15, 0.2) is 73.1 Å². The Hall–Kier alpha value is -3.54. The molecular formula is C22H19FN4O. The Morgan fingerprint density at radius 3 is 2.71 bits per heavy atom. The predicted octanol–water partition coefficient (Wildman–Crippen LogP) is 3.89. The molecule has 2 aromatic carbocycles. The maximum atomic E-state index is 14.0. The van der Waals surface area contributed by atoms with E-state index < -0.39 is 5.82 Å². The lowest BCUT2D eigenvalue weighted by Gasteiger charge is -2.18. The molecule has 0 saturated heterocycles. The van der Waals surface area contributed by atoms with Gasteiger partial charge in [0.25, 0.3) is 5.91 Å². The summed E-state index contributed by atoms with van der Waals surface area (Å²) in [5.41, 5.74) is 1.57. The highest BCUT2D eigenvalue weighted by Gasteiger charge is 2.17. The fourth-order valence-electron chi connectivity index (χ4n) is 3.13. The van der Waals surface area contributed by atoms with E-state index in [4.69, 9.17) is 0 Å². The van der Waals surface area contributed by atoms with Crippen molar-refractivity contribution >= 4 is 16.8 Å². The fourth-order valence-corrected chi connectivity index (χ4v) is 3.13. The molecule has 5 nitrogen and oxygen atoms in total. The van der Waals surface area contributed by atoms with E-state index in [9.17, 15) is 9.18 Å². The first-order chi connectivity index (χ1) is 13.6. The number of carbonyl (C=O) groups excluding carboxylic acids is 1. The van der Waals surface area contributed by atoms with Crippen LogP contribution in [0.1, 0.15) is 21.9 Å². The van der Waals surface area contributed by atoms with Gasteiger partial charge in [-0.05, 0) is 17.7 Å². The van der Waals surface area contributed by atoms with Crippen LogP contribution in [-0.4, -0.2) is 32.4 Å². The van der Waals surface area contributed by atoms with E-state index in [2.05, 4.69) is 9.97 Å². The van der Waals surface area contributed by atoms with Crippen LogP contribution in [0.3, 0.4) is 0 Å². The maximum absolute atomic E-state index is 14.0. The Morgan fingerprint density at radius 2 is 1.89 bits per heavy atom. The number of nitrogens with zero attached hydrogens (tertiary/aromatic N) is 4. The molecule has 0 atom stereocenters. The summed E-state index contributed by atoms with van der Waals surface area (Å²) in [5.74, 6) is 0.0549. The summed E-state index contributed by atoms with van der Waals surface area (Å²) >= 11 is 0. The van der Waals surface area contributed by atoms with Gasteiger partial charge in [-0.2, -0.15) is 0 Å². The van der Waals surface area contributed by atoms with Crippen LogP contribution >= 0.6 is 0 Å². The Labute approximate surface area is 162 Å². The number of pyridine rings is 1. The molecule has 140 valence electrons. The minimum Gasteiger partial charge on any atom is -0.333 e. The molecule has 4 rings (SSSR count). The van der Waals surface area contributed by atoms with Gasteiger partial charge in [0.1, 0.15) is 22.9 Å². The molecule has 0 aliphatic carbocycles. The number of para-hydroxylation sites is 1. The van der Waals surface area contributed by atoms with Crippen molar-refractivity contribution in [2.45, 2.75) is 13.1 Å². The molecule has 4 aromatic rings. The third-order valence-electron chi connectivity index (χ3n) is 4.61. The van der Waals surface area contributed by atoms with Gasteiger partial charge in [-0.25, -0.2) is 14.4 Å². The third kappa shape index (κ3) is 3.62. The van der Waals surface area contributed by atoms with Gasteiger partial charge < -0.3 is 9.47 Å². The van der Waals surface area contributed by atoms with Crippen molar-refractivity contribution in [2.24, 2.45) is 0 Å². The van der Waals surface area contributed by atoms with E-state index in [0.29, 0.717) is 18.5 Å². The second-order valence-corrected chi connectivity index (χ2v) is 6.63. The number of aromatic nitrogens is 3. The maximum Gasteiger partial charge on any atom is 0.272 e. The Balaban J connectivity index is 1.53. The van der Waals surface area contributed by atoms with Crippen LogP contribution in [0.2, 0.25) is 0 Å². The Bertz CT molecular complexity index is 1120. The van der Waals surface area contributed by atoms with E-state index in [1.807, 2.05) is 41.1 Å². The standard InChI is InChI=1S/C22H19FN4O/c1-26(15-20-24-12-13-27(20)14-16-6-3-2-4-7-16)22(28)19-11-10-17-8-5-9-18(23)21(17)25-19/h2-13H,14-15H2,1H3. The van der Waals surface area contributed by atoms with Crippen LogP contribution in [0.4, 0.5) is 4.39 Å². The molecule has 0 fully saturated rings. The number of imidazole rings is 1. The normalized spacial score (nSPS) is 10.9. The SMILES string of the molecule is CN(Cc1nccn1Cc1ccccc1)C(=O)c1ccc2cccc(F)c2n1. The topological polar surface area (TPSA) is 51.0 Å². The average molecular weight is 374 g/mol. The molecule has 1 amide bonds. The molecule has 0 spiro atoms. The molecule has 0 bridgehead atoms. The van der Waals surface area contributed by atoms with Crippen LogP contribution in [0, 0.1) is 5.82 Å². The smallest absolute Gasteiger partial charge is 0.272 e. The van der Waals surface area contributed by atoms with Crippen LogP contribution in [0.5, 0.6) is 0 Å². The fraction of sp³-hybridized carbons (Fsp3) is 0.136. The van der Waals surface area contributed by atoms with Gasteiger partial charge in [0.15, 0.2) is 0 Å². The van der Waals surface area contributed by atoms with Crippen molar-refractivity contribution in [1.29, 1.82) is 0 Å². The largest absolute Gasteiger partial charge is 0.333 e. The molecule has 6 heteroatoms. The van der Waals surface area contributed by atoms with Gasteiger partial charge in [0, 0.05) is 31.4 Å². The summed E-state index contributed by atoms with van der Waals surface area (Å²) in [6, 6.07) is 18.1. The van der Waals surface area contributed by atoms with Crippen LogP contribution in [-0.2, 0) is 13.1 Å². The van der Waals surface area contributed by atoms with Gasteiger partial charge in [-0.15, -0.1) is 0 Å². The number of hydrogen-bond acceptors (Lipinski definition) is 3. The highest BCUT2D eigenvalue weighted by atomic mass is 19.1. The minimum absolute atomic E-state index is 0.201. The highest BCUT2D eigenvalue weighted by molar-refractivity contribution is 5.94. The number of rotatable bonds is 5. The lowest BCUT2D eigenvalue weighted by atomic mass is 10.2. The minimum atomic E-state index is -0.437. The lowest BCUT2D eigenvalue weighted by molar-refractivity contribution is 0.0775. The van der Waals surface area contributed by atoms with Crippen molar-refractivity contribution in [2.75, 3.05) is 7.05 Å². The summed E-state index contributed by atoms with van der Waals surface area (Å²) in [7, 11) is 1.69. The Kier molecular flexibility index (Phi) is 4.85. The van der Waals surface area contributed by atoms with E-state index in [0.717, 1.165) is 11.4 Å². The number of benzene rings is 2. The summed E-state index contributed by atoms with van der Waals surface area (Å²) < 4.78 is 16.0. The van der Waals surface area contributed by atoms with E-state index in [1.54, 1.807) is 42.4 Å². The van der Waals surface area contributed by atoms with Crippen molar-refractivity contribution in [1.82, 2.24) is 19.4 Å². The monoisotopic (exact) mass is 374 g/mol. The molecule has 0 N–H and O–H groups in total. The summed E-state index contributed by atoms with van der Waals surface area (Å²) in [6.45, 7) is 1.01. The van der Waals surface area contributed by atoms with Gasteiger partial charge >= 0.3 is 0 Å². The van der Waals surface area contributed by atoms with Crippen LogP contribution in [0.25, 0.3) is 10.9 Å². The van der Waals surface area contributed by atoms with Gasteiger partial charge in [-0.3, -0.25) is 4.79 Å². The highest BCUT2D eigenvalue weighted by Crippen LogP contribution is 2.17. The van der Waals surface area contributed by atoms with E-state index in [1.165, 1.54) is 6.07 Å². The van der Waals surface area contributed by atoms with Crippen molar-refractivity contribution in [3.05, 3.63) is 96.0 Å². The zero-order valence-corrected chi connectivity index (χ0v) is 15.4. The lowest BCUT2D eigenvalue weighted by Crippen LogP contribution is -2.28. The number of hydrogen-bond donors (Lipinski definition) is 0. The first kappa shape index (κ1) is 17.9. The van der Waals surface area contributed by atoms with Gasteiger partial charge in [0.05, 0.1) is 6.54 Å². The first-order valence-electron chi connectivity index (χ1n) is 8.96. The van der Waals surface area contributed by atoms with Gasteiger partial charge in [0.2, 0.25) is 0 Å². The van der Waals surface area contributed by atoms with E-state index in [-0.39, 0.29) is 17.1 Å². The zero-order chi connectivity index (χ0) is 19.5. The molecule has 28 heavy (non-hydrogen) atoms. The molecule has 0 aliphatic heterocycles. The van der Waals surface area contributed by atoms with E-state index >= 15 is 0 Å². The zero-order valence-electron chi connectivity index (χ0n) is 15.4. The summed E-state index contributed by atoms with van der Waals surface area (Å²) in [5, 5.41) is 0.664. The summed E-state index contributed by atoms with van der Waals surface area (Å²) in [4.78, 5) is 22.9. The molecule has 0 radical (unpaired) electrons. The molecule has 2 heterocycles. The summed E-state index contributed by atoms with van der Waals surface area (Å²) in [6.07, 6.45) is 3.62. The molecule has 0 aliphatic rings. The predicted molar refractivity (Wildman–Crippen MR) is 105 cm³/mol.